The van der Waals surface area contributed by atoms with Crippen LogP contribution in [0.3, 0.4) is 0 Å². The molecule has 35 heavy (non-hydrogen) atoms. The molecule has 0 saturated carbocycles. The molecule has 0 aliphatic rings. The Morgan fingerprint density at radius 2 is 1.23 bits per heavy atom. The van der Waals surface area contributed by atoms with E-state index in [1.54, 1.807) is 6.08 Å². The first-order chi connectivity index (χ1) is 15.8. The Balaban J connectivity index is 4.32. The quantitative estimate of drug-likeness (QED) is 0.126. The number of hydrogen-bond donors (Lipinski definition) is 3. The molecule has 0 radical (unpaired) electrons. The summed E-state index contributed by atoms with van der Waals surface area (Å²) < 4.78 is 11.3. The van der Waals surface area contributed by atoms with Crippen LogP contribution < -0.4 is 5.73 Å². The number of aliphatic hydroxyl groups is 2. The molecule has 0 rings (SSSR count). The number of aliphatic hydroxyl groups excluding tert-OH is 2. The summed E-state index contributed by atoms with van der Waals surface area (Å²) in [6.45, 7) is 25.1. The molecule has 0 aromatic rings. The summed E-state index contributed by atoms with van der Waals surface area (Å²) in [5, 5.41) is 21.2. The fraction of sp³-hybridized carbons (Fsp3) is 0.889. The summed E-state index contributed by atoms with van der Waals surface area (Å²) in [5.74, 6) is -0.579. The number of hydrogen-bond acceptors (Lipinski definition) is 5. The number of ether oxygens (including phenoxy) is 2. The van der Waals surface area contributed by atoms with Gasteiger partial charge in [-0.15, -0.1) is 0 Å². The fourth-order valence-electron chi connectivity index (χ4n) is 3.36. The second-order valence-corrected chi connectivity index (χ2v) is 25.0. The first-order valence-electron chi connectivity index (χ1n) is 13.3. The van der Waals surface area contributed by atoms with Crippen LogP contribution in [0.5, 0.6) is 0 Å². The van der Waals surface area contributed by atoms with Crippen LogP contribution in [0.4, 0.5) is 0 Å². The molecule has 0 saturated heterocycles. The first-order valence-corrected chi connectivity index (χ1v) is 19.7. The van der Waals surface area contributed by atoms with Gasteiger partial charge in [0, 0.05) is 25.2 Å². The SMILES string of the molecule is CC(C)(C)[Si](C)(C)CCCOCC(O)C/C=C(/CC(O)COCCC[Si](C)(C)C(C)(C)C)C(N)=O. The van der Waals surface area contributed by atoms with E-state index in [1.165, 1.54) is 12.1 Å². The second kappa shape index (κ2) is 15.0. The molecule has 0 aromatic carbocycles. The van der Waals surface area contributed by atoms with Gasteiger partial charge in [-0.05, 0) is 29.3 Å². The molecule has 0 heterocycles. The van der Waals surface area contributed by atoms with Crippen LogP contribution in [-0.2, 0) is 14.3 Å². The van der Waals surface area contributed by atoms with E-state index in [2.05, 4.69) is 67.7 Å². The average Bonchev–Trinajstić information content (AvgIpc) is 2.68. The molecule has 0 fully saturated rings. The van der Waals surface area contributed by atoms with Crippen molar-refractivity contribution in [1.29, 1.82) is 0 Å². The van der Waals surface area contributed by atoms with E-state index in [0.29, 0.717) is 28.9 Å². The van der Waals surface area contributed by atoms with E-state index in [4.69, 9.17) is 15.2 Å². The molecular weight excluding hydrogens is 474 g/mol. The maximum absolute atomic E-state index is 11.8. The van der Waals surface area contributed by atoms with Gasteiger partial charge >= 0.3 is 0 Å². The van der Waals surface area contributed by atoms with Crippen molar-refractivity contribution in [3.63, 3.8) is 0 Å². The van der Waals surface area contributed by atoms with Crippen LogP contribution in [0, 0.1) is 0 Å². The third-order valence-corrected chi connectivity index (χ3v) is 19.6. The Morgan fingerprint density at radius 3 is 1.60 bits per heavy atom. The fourth-order valence-corrected chi connectivity index (χ4v) is 6.92. The van der Waals surface area contributed by atoms with E-state index in [9.17, 15) is 15.0 Å². The van der Waals surface area contributed by atoms with E-state index < -0.39 is 34.3 Å². The highest BCUT2D eigenvalue weighted by molar-refractivity contribution is 6.80. The molecule has 0 aliphatic carbocycles. The number of nitrogens with two attached hydrogens (primary N) is 1. The minimum atomic E-state index is -1.32. The molecule has 4 N–H and O–H groups in total. The first kappa shape index (κ1) is 34.5. The Bertz CT molecular complexity index is 651. The van der Waals surface area contributed by atoms with E-state index >= 15 is 0 Å². The van der Waals surface area contributed by atoms with Gasteiger partial charge in [0.2, 0.25) is 5.91 Å². The zero-order chi connectivity index (χ0) is 27.5. The highest BCUT2D eigenvalue weighted by Crippen LogP contribution is 2.40. The van der Waals surface area contributed by atoms with Crippen LogP contribution in [0.2, 0.25) is 48.4 Å². The van der Waals surface area contributed by atoms with Crippen molar-refractivity contribution in [2.75, 3.05) is 26.4 Å². The minimum absolute atomic E-state index is 0.123. The van der Waals surface area contributed by atoms with Gasteiger partial charge in [0.25, 0.3) is 0 Å². The lowest BCUT2D eigenvalue weighted by Gasteiger charge is -2.37. The molecule has 6 nitrogen and oxygen atoms in total. The van der Waals surface area contributed by atoms with Crippen LogP contribution in [-0.4, -0.2) is 70.9 Å². The lowest BCUT2D eigenvalue weighted by atomic mass is 10.1. The maximum Gasteiger partial charge on any atom is 0.244 e. The predicted octanol–water partition coefficient (Wildman–Crippen LogP) is 5.73. The number of carbonyl (C=O) groups is 1. The van der Waals surface area contributed by atoms with E-state index in [0.717, 1.165) is 12.8 Å². The van der Waals surface area contributed by atoms with Crippen LogP contribution in [0.15, 0.2) is 11.6 Å². The van der Waals surface area contributed by atoms with Gasteiger partial charge < -0.3 is 25.4 Å². The molecule has 0 aromatic heterocycles. The normalized spacial score (nSPS) is 15.8. The smallest absolute Gasteiger partial charge is 0.244 e. The summed E-state index contributed by atoms with van der Waals surface area (Å²) in [4.78, 5) is 11.8. The molecule has 1 amide bonds. The zero-order valence-corrected chi connectivity index (χ0v) is 26.5. The molecule has 0 aliphatic heterocycles. The lowest BCUT2D eigenvalue weighted by molar-refractivity contribution is -0.115. The van der Waals surface area contributed by atoms with Gasteiger partial charge in [-0.25, -0.2) is 0 Å². The highest BCUT2D eigenvalue weighted by atomic mass is 28.3. The third kappa shape index (κ3) is 14.1. The van der Waals surface area contributed by atoms with Crippen LogP contribution in [0.1, 0.15) is 67.2 Å². The van der Waals surface area contributed by atoms with Crippen molar-refractivity contribution in [3.8, 4) is 0 Å². The summed E-state index contributed by atoms with van der Waals surface area (Å²) in [5.41, 5.74) is 5.81. The van der Waals surface area contributed by atoms with Crippen molar-refractivity contribution < 1.29 is 24.5 Å². The molecule has 2 unspecified atom stereocenters. The van der Waals surface area contributed by atoms with Gasteiger partial charge in [0.05, 0.1) is 41.6 Å². The largest absolute Gasteiger partial charge is 0.390 e. The lowest BCUT2D eigenvalue weighted by Crippen LogP contribution is -2.37. The van der Waals surface area contributed by atoms with Crippen molar-refractivity contribution >= 4 is 22.1 Å². The molecule has 208 valence electrons. The maximum atomic E-state index is 11.8. The Labute approximate surface area is 218 Å². The van der Waals surface area contributed by atoms with Crippen molar-refractivity contribution in [1.82, 2.24) is 0 Å². The van der Waals surface area contributed by atoms with Gasteiger partial charge in [0.15, 0.2) is 0 Å². The van der Waals surface area contributed by atoms with Crippen molar-refractivity contribution in [2.24, 2.45) is 5.73 Å². The van der Waals surface area contributed by atoms with Gasteiger partial charge in [-0.3, -0.25) is 4.79 Å². The zero-order valence-electron chi connectivity index (χ0n) is 24.5. The summed E-state index contributed by atoms with van der Waals surface area (Å²) in [7, 11) is -2.63. The predicted molar refractivity (Wildman–Crippen MR) is 153 cm³/mol. The van der Waals surface area contributed by atoms with Crippen molar-refractivity contribution in [2.45, 2.75) is 128 Å². The molecular formula is C27H57NO5Si2. The Kier molecular flexibility index (Phi) is 14.8. The van der Waals surface area contributed by atoms with Gasteiger partial charge in [0.1, 0.15) is 0 Å². The monoisotopic (exact) mass is 531 g/mol. The third-order valence-electron chi connectivity index (χ3n) is 8.27. The number of rotatable bonds is 17. The summed E-state index contributed by atoms with van der Waals surface area (Å²) in [6.07, 6.45) is 2.47. The Hall–Kier alpha value is -0.516. The standard InChI is InChI=1S/C27H57NO5Si2/c1-26(2,3)34(7,8)17-11-15-32-20-23(29)14-13-22(25(28)31)19-24(30)21-33-16-12-18-35(9,10)27(4,5)6/h13,23-24,29-30H,11-12,14-21H2,1-10H3,(H2,28,31)/b22-13-. The number of carbonyl (C=O) groups excluding carboxylic acids is 1. The summed E-state index contributed by atoms with van der Waals surface area (Å²) >= 11 is 0. The van der Waals surface area contributed by atoms with E-state index in [1.807, 2.05) is 0 Å². The average molecular weight is 532 g/mol. The number of primary amides is 1. The highest BCUT2D eigenvalue weighted by Gasteiger charge is 2.34. The summed E-state index contributed by atoms with van der Waals surface area (Å²) in [6, 6.07) is 2.36. The van der Waals surface area contributed by atoms with Crippen LogP contribution >= 0.6 is 0 Å². The molecule has 0 spiro atoms. The molecule has 2 atom stereocenters. The topological polar surface area (TPSA) is 102 Å². The Morgan fingerprint density at radius 1 is 0.829 bits per heavy atom. The van der Waals surface area contributed by atoms with Crippen LogP contribution in [0.25, 0.3) is 0 Å². The second-order valence-electron chi connectivity index (χ2n) is 13.5. The van der Waals surface area contributed by atoms with Gasteiger partial charge in [-0.1, -0.05) is 85.9 Å². The minimum Gasteiger partial charge on any atom is -0.390 e. The van der Waals surface area contributed by atoms with E-state index in [-0.39, 0.29) is 26.1 Å². The number of amides is 1. The molecule has 8 heteroatoms. The van der Waals surface area contributed by atoms with Gasteiger partial charge in [-0.2, -0.15) is 0 Å². The molecule has 0 bridgehead atoms. The van der Waals surface area contributed by atoms with Crippen molar-refractivity contribution in [3.05, 3.63) is 11.6 Å².